The van der Waals surface area contributed by atoms with Gasteiger partial charge in [-0.2, -0.15) is 0 Å². The largest absolute Gasteiger partial charge is 0.481 e. The number of carbonyl (C=O) groups is 2. The van der Waals surface area contributed by atoms with Crippen LogP contribution in [-0.2, 0) is 9.59 Å². The van der Waals surface area contributed by atoms with Gasteiger partial charge in [0.05, 0.1) is 6.42 Å². The van der Waals surface area contributed by atoms with E-state index in [1.807, 2.05) is 19.9 Å². The molecule has 1 atom stereocenters. The van der Waals surface area contributed by atoms with E-state index in [9.17, 15) is 9.59 Å². The molecule has 92 valence electrons. The third kappa shape index (κ3) is 3.48. The van der Waals surface area contributed by atoms with E-state index in [0.29, 0.717) is 5.69 Å². The number of benzene rings is 1. The summed E-state index contributed by atoms with van der Waals surface area (Å²) < 4.78 is 0. The van der Waals surface area contributed by atoms with Crippen molar-refractivity contribution in [2.45, 2.75) is 26.3 Å². The summed E-state index contributed by atoms with van der Waals surface area (Å²) in [5, 5.41) is 20.3. The average molecular weight is 237 g/mol. The number of carboxylic acid groups (broad SMARTS) is 2. The van der Waals surface area contributed by atoms with Crippen molar-refractivity contribution >= 4 is 17.6 Å². The zero-order chi connectivity index (χ0) is 13.0. The lowest BCUT2D eigenvalue weighted by Crippen LogP contribution is -2.32. The van der Waals surface area contributed by atoms with Crippen molar-refractivity contribution in [2.24, 2.45) is 0 Å². The van der Waals surface area contributed by atoms with E-state index in [-0.39, 0.29) is 0 Å². The molecule has 0 aliphatic carbocycles. The zero-order valence-electron chi connectivity index (χ0n) is 9.73. The summed E-state index contributed by atoms with van der Waals surface area (Å²) in [5.41, 5.74) is 2.59. The van der Waals surface area contributed by atoms with Crippen LogP contribution in [0, 0.1) is 13.8 Å². The van der Waals surface area contributed by atoms with Gasteiger partial charge in [0.1, 0.15) is 6.04 Å². The molecule has 1 aromatic rings. The summed E-state index contributed by atoms with van der Waals surface area (Å²) in [6, 6.07) is 4.32. The number of hydrogen-bond acceptors (Lipinski definition) is 3. The Morgan fingerprint density at radius 2 is 1.94 bits per heavy atom. The van der Waals surface area contributed by atoms with Gasteiger partial charge in [0.15, 0.2) is 0 Å². The molecular formula is C12H15NO4. The van der Waals surface area contributed by atoms with Crippen LogP contribution in [0.25, 0.3) is 0 Å². The van der Waals surface area contributed by atoms with E-state index in [2.05, 4.69) is 5.32 Å². The SMILES string of the molecule is Cc1cccc(NC(CC(=O)O)C(=O)O)c1C. The van der Waals surface area contributed by atoms with Crippen LogP contribution < -0.4 is 5.32 Å². The Bertz CT molecular complexity index is 442. The Kier molecular flexibility index (Phi) is 4.09. The summed E-state index contributed by atoms with van der Waals surface area (Å²) in [6.45, 7) is 3.77. The third-order valence-corrected chi connectivity index (χ3v) is 2.61. The minimum absolute atomic E-state index is 0.456. The van der Waals surface area contributed by atoms with Crippen LogP contribution in [0.2, 0.25) is 0 Å². The van der Waals surface area contributed by atoms with Gasteiger partial charge >= 0.3 is 11.9 Å². The van der Waals surface area contributed by atoms with Crippen molar-refractivity contribution in [3.63, 3.8) is 0 Å². The van der Waals surface area contributed by atoms with Crippen LogP contribution in [0.3, 0.4) is 0 Å². The second-order valence-electron chi connectivity index (χ2n) is 3.88. The molecule has 17 heavy (non-hydrogen) atoms. The van der Waals surface area contributed by atoms with Crippen molar-refractivity contribution in [3.05, 3.63) is 29.3 Å². The summed E-state index contributed by atoms with van der Waals surface area (Å²) in [7, 11) is 0. The number of aliphatic carboxylic acids is 2. The highest BCUT2D eigenvalue weighted by Crippen LogP contribution is 2.19. The predicted octanol–water partition coefficient (Wildman–Crippen LogP) is 1.64. The number of nitrogens with one attached hydrogen (secondary N) is 1. The molecule has 1 rings (SSSR count). The number of rotatable bonds is 5. The van der Waals surface area contributed by atoms with Crippen molar-refractivity contribution in [1.82, 2.24) is 0 Å². The first-order chi connectivity index (χ1) is 7.91. The van der Waals surface area contributed by atoms with Crippen molar-refractivity contribution in [2.75, 3.05) is 5.32 Å². The fourth-order valence-corrected chi connectivity index (χ4v) is 1.47. The van der Waals surface area contributed by atoms with E-state index >= 15 is 0 Å². The number of aryl methyl sites for hydroxylation is 1. The highest BCUT2D eigenvalue weighted by molar-refractivity contribution is 5.83. The maximum absolute atomic E-state index is 10.9. The van der Waals surface area contributed by atoms with Crippen molar-refractivity contribution in [3.8, 4) is 0 Å². The molecule has 0 radical (unpaired) electrons. The van der Waals surface area contributed by atoms with Gasteiger partial charge in [0.2, 0.25) is 0 Å². The topological polar surface area (TPSA) is 86.6 Å². The fourth-order valence-electron chi connectivity index (χ4n) is 1.47. The molecular weight excluding hydrogens is 222 g/mol. The fraction of sp³-hybridized carbons (Fsp3) is 0.333. The van der Waals surface area contributed by atoms with E-state index in [1.54, 1.807) is 12.1 Å². The minimum Gasteiger partial charge on any atom is -0.481 e. The summed E-state index contributed by atoms with van der Waals surface area (Å²) in [6.07, 6.45) is -0.456. The van der Waals surface area contributed by atoms with Gasteiger partial charge in [-0.3, -0.25) is 4.79 Å². The van der Waals surface area contributed by atoms with Crippen molar-refractivity contribution in [1.29, 1.82) is 0 Å². The monoisotopic (exact) mass is 237 g/mol. The zero-order valence-corrected chi connectivity index (χ0v) is 9.73. The summed E-state index contributed by atoms with van der Waals surface area (Å²) >= 11 is 0. The molecule has 5 heteroatoms. The second kappa shape index (κ2) is 5.34. The first-order valence-electron chi connectivity index (χ1n) is 5.19. The summed E-state index contributed by atoms with van der Waals surface area (Å²) in [4.78, 5) is 21.5. The number of anilines is 1. The van der Waals surface area contributed by atoms with E-state index in [0.717, 1.165) is 11.1 Å². The van der Waals surface area contributed by atoms with Crippen LogP contribution in [0.1, 0.15) is 17.5 Å². The maximum atomic E-state index is 10.9. The van der Waals surface area contributed by atoms with Crippen LogP contribution in [-0.4, -0.2) is 28.2 Å². The van der Waals surface area contributed by atoms with E-state index < -0.39 is 24.4 Å². The lowest BCUT2D eigenvalue weighted by Gasteiger charge is -2.16. The predicted molar refractivity (Wildman–Crippen MR) is 63.2 cm³/mol. The number of carboxylic acids is 2. The normalized spacial score (nSPS) is 11.9. The lowest BCUT2D eigenvalue weighted by molar-refractivity contribution is -0.144. The highest BCUT2D eigenvalue weighted by Gasteiger charge is 2.21. The van der Waals surface area contributed by atoms with Gasteiger partial charge in [0, 0.05) is 5.69 Å². The molecule has 0 bridgehead atoms. The molecule has 0 amide bonds. The van der Waals surface area contributed by atoms with Crippen LogP contribution in [0.4, 0.5) is 5.69 Å². The van der Waals surface area contributed by atoms with Gasteiger partial charge in [-0.1, -0.05) is 12.1 Å². The second-order valence-corrected chi connectivity index (χ2v) is 3.88. The van der Waals surface area contributed by atoms with Gasteiger partial charge < -0.3 is 15.5 Å². The minimum atomic E-state index is -1.17. The molecule has 0 fully saturated rings. The van der Waals surface area contributed by atoms with Crippen molar-refractivity contribution < 1.29 is 19.8 Å². The Hall–Kier alpha value is -2.04. The molecule has 0 aliphatic rings. The van der Waals surface area contributed by atoms with Gasteiger partial charge in [0.25, 0.3) is 0 Å². The molecule has 1 aromatic carbocycles. The first kappa shape index (κ1) is 13.0. The van der Waals surface area contributed by atoms with Gasteiger partial charge in [-0.25, -0.2) is 4.79 Å². The smallest absolute Gasteiger partial charge is 0.326 e. The average Bonchev–Trinajstić information content (AvgIpc) is 2.22. The quantitative estimate of drug-likeness (QED) is 0.724. The molecule has 1 unspecified atom stereocenters. The molecule has 3 N–H and O–H groups in total. The summed E-state index contributed by atoms with van der Waals surface area (Å²) in [5.74, 6) is -2.32. The number of hydrogen-bond donors (Lipinski definition) is 3. The third-order valence-electron chi connectivity index (χ3n) is 2.61. The van der Waals surface area contributed by atoms with Crippen LogP contribution in [0.15, 0.2) is 18.2 Å². The Labute approximate surface area is 99.1 Å². The maximum Gasteiger partial charge on any atom is 0.326 e. The van der Waals surface area contributed by atoms with Gasteiger partial charge in [-0.05, 0) is 31.0 Å². The molecule has 0 heterocycles. The van der Waals surface area contributed by atoms with E-state index in [4.69, 9.17) is 10.2 Å². The Morgan fingerprint density at radius 3 is 2.47 bits per heavy atom. The lowest BCUT2D eigenvalue weighted by atomic mass is 10.1. The standard InChI is InChI=1S/C12H15NO4/c1-7-4-3-5-9(8(7)2)13-10(12(16)17)6-11(14)15/h3-5,10,13H,6H2,1-2H3,(H,14,15)(H,16,17). The molecule has 0 saturated heterocycles. The molecule has 0 aliphatic heterocycles. The molecule has 0 saturated carbocycles. The molecule has 0 spiro atoms. The first-order valence-corrected chi connectivity index (χ1v) is 5.19. The molecule has 5 nitrogen and oxygen atoms in total. The van der Waals surface area contributed by atoms with Crippen LogP contribution >= 0.6 is 0 Å². The highest BCUT2D eigenvalue weighted by atomic mass is 16.4. The Morgan fingerprint density at radius 1 is 1.29 bits per heavy atom. The van der Waals surface area contributed by atoms with Gasteiger partial charge in [-0.15, -0.1) is 0 Å². The van der Waals surface area contributed by atoms with E-state index in [1.165, 1.54) is 0 Å². The Balaban J connectivity index is 2.90. The molecule has 0 aromatic heterocycles. The van der Waals surface area contributed by atoms with Crippen LogP contribution in [0.5, 0.6) is 0 Å².